The average Bonchev–Trinajstić information content (AvgIpc) is 1.83. The van der Waals surface area contributed by atoms with Gasteiger partial charge < -0.3 is 9.84 Å². The molecule has 0 aromatic rings. The summed E-state index contributed by atoms with van der Waals surface area (Å²) in [4.78, 5) is 0. The van der Waals surface area contributed by atoms with E-state index in [1.165, 1.54) is 7.11 Å². The third-order valence-electron chi connectivity index (χ3n) is 0.879. The highest BCUT2D eigenvalue weighted by Crippen LogP contribution is 1.94. The summed E-state index contributed by atoms with van der Waals surface area (Å²) in [7, 11) is 1.48. The van der Waals surface area contributed by atoms with Gasteiger partial charge in [0.2, 0.25) is 0 Å². The zero-order valence-corrected chi connectivity index (χ0v) is 4.93. The first-order chi connectivity index (χ1) is 3.85. The number of methoxy groups -OCH3 is 1. The Balaban J connectivity index is 3.07. The quantitative estimate of drug-likeness (QED) is 0.577. The highest BCUT2D eigenvalue weighted by atomic mass is 19.1. The van der Waals surface area contributed by atoms with E-state index in [0.29, 0.717) is 6.61 Å². The Hall–Kier alpha value is -0.150. The third-order valence-corrected chi connectivity index (χ3v) is 0.879. The van der Waals surface area contributed by atoms with Crippen LogP contribution in [0, 0.1) is 5.92 Å². The predicted molar refractivity (Wildman–Crippen MR) is 28.4 cm³/mol. The van der Waals surface area contributed by atoms with Crippen LogP contribution in [0.3, 0.4) is 0 Å². The standard InChI is InChI=1S/C5H11FO2/c1-8-4-5(2-6)3-7/h5,7H,2-4H2,1H3. The van der Waals surface area contributed by atoms with Crippen LogP contribution in [0.2, 0.25) is 0 Å². The second-order valence-electron chi connectivity index (χ2n) is 1.66. The molecule has 3 heteroatoms. The van der Waals surface area contributed by atoms with Crippen molar-refractivity contribution < 1.29 is 14.2 Å². The molecule has 0 amide bonds. The number of hydrogen-bond donors (Lipinski definition) is 1. The largest absolute Gasteiger partial charge is 0.396 e. The van der Waals surface area contributed by atoms with E-state index in [4.69, 9.17) is 5.11 Å². The van der Waals surface area contributed by atoms with Crippen LogP contribution in [0.4, 0.5) is 4.39 Å². The summed E-state index contributed by atoms with van der Waals surface area (Å²) in [5.41, 5.74) is 0. The zero-order valence-electron chi connectivity index (χ0n) is 4.93. The van der Waals surface area contributed by atoms with Gasteiger partial charge in [0.15, 0.2) is 0 Å². The number of hydrogen-bond acceptors (Lipinski definition) is 2. The van der Waals surface area contributed by atoms with Crippen molar-refractivity contribution in [2.75, 3.05) is 27.0 Å². The molecule has 0 bridgehead atoms. The highest BCUT2D eigenvalue weighted by Gasteiger charge is 2.03. The van der Waals surface area contributed by atoms with Crippen LogP contribution in [0.25, 0.3) is 0 Å². The van der Waals surface area contributed by atoms with Gasteiger partial charge in [-0.05, 0) is 0 Å². The zero-order chi connectivity index (χ0) is 6.41. The van der Waals surface area contributed by atoms with Crippen LogP contribution in [-0.2, 0) is 4.74 Å². The summed E-state index contributed by atoms with van der Waals surface area (Å²) >= 11 is 0. The molecule has 0 aliphatic carbocycles. The van der Waals surface area contributed by atoms with E-state index in [1.54, 1.807) is 0 Å². The van der Waals surface area contributed by atoms with Crippen LogP contribution < -0.4 is 0 Å². The number of halogens is 1. The Labute approximate surface area is 48.3 Å². The van der Waals surface area contributed by atoms with Gasteiger partial charge in [-0.3, -0.25) is 4.39 Å². The highest BCUT2D eigenvalue weighted by molar-refractivity contribution is 4.51. The second-order valence-corrected chi connectivity index (χ2v) is 1.66. The number of alkyl halides is 1. The van der Waals surface area contributed by atoms with Gasteiger partial charge in [-0.15, -0.1) is 0 Å². The predicted octanol–water partition coefficient (Wildman–Crippen LogP) is 0.211. The van der Waals surface area contributed by atoms with E-state index in [2.05, 4.69) is 4.74 Å². The van der Waals surface area contributed by atoms with E-state index in [-0.39, 0.29) is 12.5 Å². The first kappa shape index (κ1) is 7.85. The van der Waals surface area contributed by atoms with Gasteiger partial charge in [0, 0.05) is 13.0 Å². The maximum atomic E-state index is 11.6. The fourth-order valence-electron chi connectivity index (χ4n) is 0.382. The lowest BCUT2D eigenvalue weighted by atomic mass is 10.2. The minimum atomic E-state index is -0.510. The number of aliphatic hydroxyl groups excluding tert-OH is 1. The van der Waals surface area contributed by atoms with Gasteiger partial charge in [0.25, 0.3) is 0 Å². The molecule has 0 fully saturated rings. The van der Waals surface area contributed by atoms with Gasteiger partial charge in [-0.2, -0.15) is 0 Å². The molecule has 0 saturated carbocycles. The molecule has 0 spiro atoms. The van der Waals surface area contributed by atoms with Gasteiger partial charge in [-0.1, -0.05) is 0 Å². The molecule has 8 heavy (non-hydrogen) atoms. The van der Waals surface area contributed by atoms with Gasteiger partial charge in [-0.25, -0.2) is 0 Å². The first-order valence-electron chi connectivity index (χ1n) is 2.51. The van der Waals surface area contributed by atoms with Gasteiger partial charge in [0.1, 0.15) is 0 Å². The van der Waals surface area contributed by atoms with Crippen molar-refractivity contribution in [1.82, 2.24) is 0 Å². The summed E-state index contributed by atoms with van der Waals surface area (Å²) in [5, 5.41) is 8.34. The van der Waals surface area contributed by atoms with E-state index in [0.717, 1.165) is 0 Å². The minimum absolute atomic E-state index is 0.135. The molecule has 0 aliphatic heterocycles. The Kier molecular flexibility index (Phi) is 4.90. The fourth-order valence-corrected chi connectivity index (χ4v) is 0.382. The van der Waals surface area contributed by atoms with Crippen molar-refractivity contribution in [2.24, 2.45) is 5.92 Å². The Morgan fingerprint density at radius 1 is 1.75 bits per heavy atom. The maximum Gasteiger partial charge on any atom is 0.0966 e. The molecule has 50 valence electrons. The molecule has 0 saturated heterocycles. The molecule has 0 heterocycles. The molecule has 1 atom stereocenters. The van der Waals surface area contributed by atoms with Crippen molar-refractivity contribution in [3.63, 3.8) is 0 Å². The maximum absolute atomic E-state index is 11.6. The molecule has 1 N–H and O–H groups in total. The molecule has 0 aromatic heterocycles. The van der Waals surface area contributed by atoms with Crippen molar-refractivity contribution in [3.8, 4) is 0 Å². The molecule has 0 rings (SSSR count). The van der Waals surface area contributed by atoms with E-state index in [9.17, 15) is 4.39 Å². The van der Waals surface area contributed by atoms with Crippen molar-refractivity contribution in [1.29, 1.82) is 0 Å². The summed E-state index contributed by atoms with van der Waals surface area (Å²) in [6.45, 7) is -0.346. The normalized spacial score (nSPS) is 13.9. The molecule has 0 radical (unpaired) electrons. The van der Waals surface area contributed by atoms with Gasteiger partial charge >= 0.3 is 0 Å². The Morgan fingerprint density at radius 2 is 2.38 bits per heavy atom. The Bertz CT molecular complexity index is 45.7. The summed E-state index contributed by atoms with van der Waals surface area (Å²) in [6, 6.07) is 0. The summed E-state index contributed by atoms with van der Waals surface area (Å²) < 4.78 is 16.2. The lowest BCUT2D eigenvalue weighted by Gasteiger charge is -2.05. The van der Waals surface area contributed by atoms with E-state index < -0.39 is 6.67 Å². The summed E-state index contributed by atoms with van der Waals surface area (Å²) in [5.74, 6) is -0.333. The van der Waals surface area contributed by atoms with Gasteiger partial charge in [0.05, 0.1) is 19.9 Å². The Morgan fingerprint density at radius 3 is 2.50 bits per heavy atom. The van der Waals surface area contributed by atoms with Crippen LogP contribution in [-0.4, -0.2) is 32.1 Å². The smallest absolute Gasteiger partial charge is 0.0966 e. The molecular formula is C5H11FO2. The topological polar surface area (TPSA) is 29.5 Å². The lowest BCUT2D eigenvalue weighted by molar-refractivity contribution is 0.0945. The van der Waals surface area contributed by atoms with Crippen molar-refractivity contribution in [2.45, 2.75) is 0 Å². The van der Waals surface area contributed by atoms with Crippen LogP contribution in [0.1, 0.15) is 0 Å². The second kappa shape index (κ2) is 5.00. The lowest BCUT2D eigenvalue weighted by Crippen LogP contribution is -2.14. The van der Waals surface area contributed by atoms with Crippen molar-refractivity contribution >= 4 is 0 Å². The number of ether oxygens (including phenoxy) is 1. The molecule has 0 aromatic carbocycles. The molecular weight excluding hydrogens is 111 g/mol. The molecule has 0 aliphatic rings. The van der Waals surface area contributed by atoms with Crippen molar-refractivity contribution in [3.05, 3.63) is 0 Å². The molecule has 1 unspecified atom stereocenters. The monoisotopic (exact) mass is 122 g/mol. The first-order valence-corrected chi connectivity index (χ1v) is 2.51. The van der Waals surface area contributed by atoms with Crippen LogP contribution in [0.15, 0.2) is 0 Å². The minimum Gasteiger partial charge on any atom is -0.396 e. The van der Waals surface area contributed by atoms with Crippen LogP contribution in [0.5, 0.6) is 0 Å². The fraction of sp³-hybridized carbons (Fsp3) is 1.00. The summed E-state index contributed by atoms with van der Waals surface area (Å²) in [6.07, 6.45) is 0. The SMILES string of the molecule is COCC(CO)CF. The third kappa shape index (κ3) is 2.93. The van der Waals surface area contributed by atoms with E-state index >= 15 is 0 Å². The van der Waals surface area contributed by atoms with E-state index in [1.807, 2.05) is 0 Å². The average molecular weight is 122 g/mol. The number of rotatable bonds is 4. The number of aliphatic hydroxyl groups is 1. The molecule has 2 nitrogen and oxygen atoms in total. The van der Waals surface area contributed by atoms with Crippen LogP contribution >= 0.6 is 0 Å².